The predicted molar refractivity (Wildman–Crippen MR) is 116 cm³/mol. The number of hydrogen-bond donors (Lipinski definition) is 1. The first-order valence-electron chi connectivity index (χ1n) is 10.1. The van der Waals surface area contributed by atoms with E-state index < -0.39 is 17.7 Å². The SMILES string of the molecule is CCOC(=O)c1cc(Nc2ccc(C(F)(F)F)c(-c3ccn(C)n3)c2)n(-c2ccccc2)n1. The lowest BCUT2D eigenvalue weighted by molar-refractivity contribution is -0.137. The molecule has 0 aliphatic carbocycles. The summed E-state index contributed by atoms with van der Waals surface area (Å²) in [6.07, 6.45) is -2.97. The Morgan fingerprint density at radius 2 is 1.82 bits per heavy atom. The summed E-state index contributed by atoms with van der Waals surface area (Å²) in [4.78, 5) is 12.2. The number of anilines is 2. The van der Waals surface area contributed by atoms with E-state index >= 15 is 0 Å². The highest BCUT2D eigenvalue weighted by atomic mass is 19.4. The van der Waals surface area contributed by atoms with Crippen molar-refractivity contribution in [2.75, 3.05) is 11.9 Å². The van der Waals surface area contributed by atoms with Crippen LogP contribution in [0.25, 0.3) is 16.9 Å². The monoisotopic (exact) mass is 455 g/mol. The van der Waals surface area contributed by atoms with Crippen LogP contribution in [0.4, 0.5) is 24.7 Å². The van der Waals surface area contributed by atoms with Crippen LogP contribution in [0.3, 0.4) is 0 Å². The molecule has 170 valence electrons. The Morgan fingerprint density at radius 1 is 1.06 bits per heavy atom. The fraction of sp³-hybridized carbons (Fsp3) is 0.174. The normalized spacial score (nSPS) is 11.4. The van der Waals surface area contributed by atoms with Gasteiger partial charge in [0, 0.05) is 30.6 Å². The van der Waals surface area contributed by atoms with E-state index in [2.05, 4.69) is 15.5 Å². The molecule has 2 aromatic heterocycles. The number of aromatic nitrogens is 4. The third kappa shape index (κ3) is 4.74. The van der Waals surface area contributed by atoms with Crippen LogP contribution in [0.1, 0.15) is 23.0 Å². The number of nitrogens with zero attached hydrogens (tertiary/aromatic N) is 4. The van der Waals surface area contributed by atoms with E-state index in [0.29, 0.717) is 17.2 Å². The topological polar surface area (TPSA) is 74.0 Å². The van der Waals surface area contributed by atoms with Gasteiger partial charge in [-0.15, -0.1) is 0 Å². The molecule has 0 spiro atoms. The minimum Gasteiger partial charge on any atom is -0.461 e. The number of benzene rings is 2. The molecule has 0 saturated carbocycles. The first-order valence-corrected chi connectivity index (χ1v) is 10.1. The number of nitrogens with one attached hydrogen (secondary N) is 1. The van der Waals surface area contributed by atoms with Crippen molar-refractivity contribution < 1.29 is 22.7 Å². The number of ether oxygens (including phenoxy) is 1. The minimum atomic E-state index is -4.55. The van der Waals surface area contributed by atoms with Crippen molar-refractivity contribution >= 4 is 17.5 Å². The first kappa shape index (κ1) is 22.1. The molecule has 0 aliphatic heterocycles. The lowest BCUT2D eigenvalue weighted by atomic mass is 10.0. The number of carbonyl (C=O) groups is 1. The van der Waals surface area contributed by atoms with E-state index in [1.807, 2.05) is 18.2 Å². The maximum atomic E-state index is 13.6. The Hall–Kier alpha value is -4.08. The second-order valence-corrected chi connectivity index (χ2v) is 7.14. The summed E-state index contributed by atoms with van der Waals surface area (Å²) >= 11 is 0. The molecule has 0 bridgehead atoms. The standard InChI is InChI=1S/C23H20F3N5O2/c1-3-33-22(32)20-14-21(31(29-20)16-7-5-4-6-8-16)27-15-9-10-18(23(24,25)26)17(13-15)19-11-12-30(2)28-19/h4-14,27H,3H2,1-2H3. The number of alkyl halides is 3. The Balaban J connectivity index is 1.78. The molecule has 0 saturated heterocycles. The zero-order valence-electron chi connectivity index (χ0n) is 17.8. The number of halogens is 3. The van der Waals surface area contributed by atoms with Crippen molar-refractivity contribution in [2.24, 2.45) is 7.05 Å². The van der Waals surface area contributed by atoms with E-state index in [-0.39, 0.29) is 23.6 Å². The van der Waals surface area contributed by atoms with Gasteiger partial charge in [0.15, 0.2) is 5.69 Å². The van der Waals surface area contributed by atoms with Gasteiger partial charge in [-0.3, -0.25) is 4.68 Å². The van der Waals surface area contributed by atoms with Gasteiger partial charge in [-0.05, 0) is 43.3 Å². The number of hydrogen-bond acceptors (Lipinski definition) is 5. The molecule has 2 aromatic carbocycles. The predicted octanol–water partition coefficient (Wildman–Crippen LogP) is 5.21. The Morgan fingerprint density at radius 3 is 2.45 bits per heavy atom. The van der Waals surface area contributed by atoms with Gasteiger partial charge >= 0.3 is 12.1 Å². The Labute approximate surface area is 187 Å². The number of esters is 1. The molecule has 10 heteroatoms. The molecule has 0 amide bonds. The molecular formula is C23H20F3N5O2. The second-order valence-electron chi connectivity index (χ2n) is 7.14. The van der Waals surface area contributed by atoms with Gasteiger partial charge in [0.25, 0.3) is 0 Å². The van der Waals surface area contributed by atoms with E-state index in [9.17, 15) is 18.0 Å². The van der Waals surface area contributed by atoms with Crippen LogP contribution in [0.5, 0.6) is 0 Å². The van der Waals surface area contributed by atoms with Crippen LogP contribution < -0.4 is 5.32 Å². The van der Waals surface area contributed by atoms with Crippen LogP contribution in [0.15, 0.2) is 66.9 Å². The zero-order valence-corrected chi connectivity index (χ0v) is 17.8. The van der Waals surface area contributed by atoms with Crippen molar-refractivity contribution in [2.45, 2.75) is 13.1 Å². The Kier molecular flexibility index (Phi) is 5.91. The molecule has 7 nitrogen and oxygen atoms in total. The maximum absolute atomic E-state index is 13.6. The summed E-state index contributed by atoms with van der Waals surface area (Å²) in [6, 6.07) is 15.7. The molecule has 4 aromatic rings. The molecule has 0 radical (unpaired) electrons. The summed E-state index contributed by atoms with van der Waals surface area (Å²) < 4.78 is 48.9. The summed E-state index contributed by atoms with van der Waals surface area (Å²) in [7, 11) is 1.63. The van der Waals surface area contributed by atoms with Gasteiger partial charge < -0.3 is 10.1 Å². The lowest BCUT2D eigenvalue weighted by Gasteiger charge is -2.15. The van der Waals surface area contributed by atoms with Gasteiger partial charge in [0.2, 0.25) is 0 Å². The third-order valence-electron chi connectivity index (χ3n) is 4.78. The summed E-state index contributed by atoms with van der Waals surface area (Å²) in [5, 5.41) is 11.5. The highest BCUT2D eigenvalue weighted by molar-refractivity contribution is 5.88. The van der Waals surface area contributed by atoms with Crippen molar-refractivity contribution in [1.29, 1.82) is 0 Å². The van der Waals surface area contributed by atoms with Crippen LogP contribution in [-0.4, -0.2) is 32.1 Å². The van der Waals surface area contributed by atoms with Crippen molar-refractivity contribution in [3.63, 3.8) is 0 Å². The van der Waals surface area contributed by atoms with Gasteiger partial charge in [-0.1, -0.05) is 18.2 Å². The summed E-state index contributed by atoms with van der Waals surface area (Å²) in [5.41, 5.74) is 0.431. The van der Waals surface area contributed by atoms with Gasteiger partial charge in [-0.25, -0.2) is 9.48 Å². The molecule has 2 heterocycles. The smallest absolute Gasteiger partial charge is 0.417 e. The number of rotatable bonds is 6. The van der Waals surface area contributed by atoms with Crippen LogP contribution >= 0.6 is 0 Å². The van der Waals surface area contributed by atoms with Crippen LogP contribution in [0, 0.1) is 0 Å². The fourth-order valence-electron chi connectivity index (χ4n) is 3.33. The lowest BCUT2D eigenvalue weighted by Crippen LogP contribution is -2.09. The molecule has 33 heavy (non-hydrogen) atoms. The summed E-state index contributed by atoms with van der Waals surface area (Å²) in [6.45, 7) is 1.87. The average Bonchev–Trinajstić information content (AvgIpc) is 3.40. The zero-order chi connectivity index (χ0) is 23.6. The van der Waals surface area contributed by atoms with Crippen LogP contribution in [0.2, 0.25) is 0 Å². The fourth-order valence-corrected chi connectivity index (χ4v) is 3.33. The molecule has 1 N–H and O–H groups in total. The molecular weight excluding hydrogens is 435 g/mol. The van der Waals surface area contributed by atoms with Crippen LogP contribution in [-0.2, 0) is 18.0 Å². The van der Waals surface area contributed by atoms with E-state index in [0.717, 1.165) is 6.07 Å². The largest absolute Gasteiger partial charge is 0.461 e. The Bertz CT molecular complexity index is 1280. The maximum Gasteiger partial charge on any atom is 0.417 e. The quantitative estimate of drug-likeness (QED) is 0.404. The third-order valence-corrected chi connectivity index (χ3v) is 4.78. The molecule has 4 rings (SSSR count). The molecule has 0 fully saturated rings. The number of aryl methyl sites for hydroxylation is 1. The van der Waals surface area contributed by atoms with Crippen molar-refractivity contribution in [1.82, 2.24) is 19.6 Å². The average molecular weight is 455 g/mol. The highest BCUT2D eigenvalue weighted by Crippen LogP contribution is 2.38. The van der Waals surface area contributed by atoms with E-state index in [1.54, 1.807) is 32.3 Å². The first-order chi connectivity index (χ1) is 15.8. The van der Waals surface area contributed by atoms with Gasteiger partial charge in [0.1, 0.15) is 5.82 Å². The molecule has 0 unspecified atom stereocenters. The van der Waals surface area contributed by atoms with E-state index in [4.69, 9.17) is 4.74 Å². The van der Waals surface area contributed by atoms with Gasteiger partial charge in [0.05, 0.1) is 23.6 Å². The molecule has 0 atom stereocenters. The highest BCUT2D eigenvalue weighted by Gasteiger charge is 2.34. The van der Waals surface area contributed by atoms with Crippen molar-refractivity contribution in [3.05, 3.63) is 78.1 Å². The minimum absolute atomic E-state index is 0.0653. The number of carbonyl (C=O) groups excluding carboxylic acids is 1. The number of para-hydroxylation sites is 1. The second kappa shape index (κ2) is 8.81. The van der Waals surface area contributed by atoms with Gasteiger partial charge in [-0.2, -0.15) is 23.4 Å². The van der Waals surface area contributed by atoms with Crippen molar-refractivity contribution in [3.8, 4) is 16.9 Å². The summed E-state index contributed by atoms with van der Waals surface area (Å²) in [5.74, 6) is -0.215. The molecule has 0 aliphatic rings. The van der Waals surface area contributed by atoms with E-state index in [1.165, 1.54) is 33.6 Å².